The van der Waals surface area contributed by atoms with Gasteiger partial charge in [-0.05, 0) is 25.7 Å². The molecule has 182 valence electrons. The number of aliphatic carboxylic acids is 2. The van der Waals surface area contributed by atoms with Crippen molar-refractivity contribution in [2.45, 2.75) is 108 Å². The van der Waals surface area contributed by atoms with Gasteiger partial charge in [-0.1, -0.05) is 76.9 Å². The Labute approximate surface area is 235 Å². The Kier molecular flexibility index (Phi) is 29.1. The average Bonchev–Trinajstić information content (AvgIpc) is 2.68. The first-order chi connectivity index (χ1) is 14.7. The van der Waals surface area contributed by atoms with E-state index in [0.29, 0.717) is 6.42 Å². The number of hydrogen-bond donors (Lipinski definition) is 3. The quantitative estimate of drug-likeness (QED) is 0.0798. The fourth-order valence-corrected chi connectivity index (χ4v) is 3.35. The van der Waals surface area contributed by atoms with Crippen molar-refractivity contribution >= 4 is 28.3 Å². The Hall–Kier alpha value is -0.104. The van der Waals surface area contributed by atoms with Gasteiger partial charge < -0.3 is 15.0 Å². The number of allylic oxidation sites excluding steroid dienone is 2. The van der Waals surface area contributed by atoms with Crippen LogP contribution in [0.1, 0.15) is 103 Å². The van der Waals surface area contributed by atoms with Crippen molar-refractivity contribution in [3.63, 3.8) is 0 Å². The van der Waals surface area contributed by atoms with Crippen LogP contribution in [0.2, 0.25) is 0 Å². The molecule has 0 saturated heterocycles. The maximum absolute atomic E-state index is 10.2. The Balaban J connectivity index is -0.000000561. The molecule has 0 aliphatic carbocycles. The Morgan fingerprint density at radius 1 is 0.844 bits per heavy atom. The molecule has 0 aromatic heterocycles. The number of carboxylic acids is 2. The van der Waals surface area contributed by atoms with Gasteiger partial charge in [-0.15, -0.1) is 0 Å². The molecule has 0 fully saturated rings. The zero-order valence-electron chi connectivity index (χ0n) is 19.6. The van der Waals surface area contributed by atoms with E-state index in [1.165, 1.54) is 77.0 Å². The summed E-state index contributed by atoms with van der Waals surface area (Å²) in [6.07, 6.45) is 23.1. The third kappa shape index (κ3) is 27.9. The number of unbranched alkanes of at least 4 members (excludes halogenated alkanes) is 12. The van der Waals surface area contributed by atoms with Crippen molar-refractivity contribution in [3.05, 3.63) is 12.2 Å². The number of hydrogen-bond acceptors (Lipinski definition) is 5. The molecular weight excluding hydrogens is 463 g/mol. The van der Waals surface area contributed by atoms with Gasteiger partial charge in [-0.3, -0.25) is 20.4 Å². The summed E-state index contributed by atoms with van der Waals surface area (Å²) in [7, 11) is -4.84. The smallest absolute Gasteiger partial charge is 0.542 e. The molecule has 0 bridgehead atoms. The van der Waals surface area contributed by atoms with Gasteiger partial charge in [0, 0.05) is 0 Å². The fourth-order valence-electron chi connectivity index (χ4n) is 2.75. The minimum Gasteiger partial charge on any atom is -0.542 e. The summed E-state index contributed by atoms with van der Waals surface area (Å²) in [6, 6.07) is 0. The van der Waals surface area contributed by atoms with Gasteiger partial charge in [-0.2, -0.15) is 14.8 Å². The maximum atomic E-state index is 10.2. The first-order valence-electron chi connectivity index (χ1n) is 11.1. The molecule has 10 heteroatoms. The number of rotatable bonds is 19. The van der Waals surface area contributed by atoms with Crippen LogP contribution in [-0.4, -0.2) is 46.7 Å². The predicted octanol–water partition coefficient (Wildman–Crippen LogP) is 1.94. The number of carbonyl (C=O) groups excluding carboxylic acids is 1. The summed E-state index contributed by atoms with van der Waals surface area (Å²) in [6.45, 7) is 2.27. The Bertz CT molecular complexity index is 605. The first-order valence-corrected chi connectivity index (χ1v) is 12.6. The van der Waals surface area contributed by atoms with E-state index in [0.717, 1.165) is 6.42 Å². The normalized spacial score (nSPS) is 11.8. The van der Waals surface area contributed by atoms with Gasteiger partial charge in [0.2, 0.25) is 0 Å². The van der Waals surface area contributed by atoms with Crippen molar-refractivity contribution in [3.8, 4) is 0 Å². The van der Waals surface area contributed by atoms with E-state index in [1.807, 2.05) is 6.29 Å². The molecule has 0 aliphatic heterocycles. The van der Waals surface area contributed by atoms with E-state index in [9.17, 15) is 22.8 Å². The van der Waals surface area contributed by atoms with Crippen LogP contribution >= 0.6 is 0 Å². The van der Waals surface area contributed by atoms with E-state index in [1.54, 1.807) is 0 Å². The van der Waals surface area contributed by atoms with Crippen LogP contribution in [0.15, 0.2) is 12.2 Å². The van der Waals surface area contributed by atoms with Crippen LogP contribution in [0.3, 0.4) is 0 Å². The van der Waals surface area contributed by atoms with E-state index >= 15 is 0 Å². The second-order valence-corrected chi connectivity index (χ2v) is 9.02. The maximum Gasteiger partial charge on any atom is 1.00 e. The van der Waals surface area contributed by atoms with Gasteiger partial charge in [0.25, 0.3) is 10.1 Å². The van der Waals surface area contributed by atoms with E-state index < -0.39 is 33.7 Å². The Morgan fingerprint density at radius 2 is 1.28 bits per heavy atom. The van der Waals surface area contributed by atoms with Crippen molar-refractivity contribution in [1.82, 2.24) is 0 Å². The summed E-state index contributed by atoms with van der Waals surface area (Å²) in [4.78, 5) is 30.0. The predicted molar refractivity (Wildman–Crippen MR) is 120 cm³/mol. The topological polar surface area (TPSA) is 146 Å². The summed E-state index contributed by atoms with van der Waals surface area (Å²) in [5, 5.41) is 13.9. The molecule has 8 nitrogen and oxygen atoms in total. The summed E-state index contributed by atoms with van der Waals surface area (Å²) in [5.74, 6) is -3.50. The summed E-state index contributed by atoms with van der Waals surface area (Å²) < 4.78 is 28.7. The van der Waals surface area contributed by atoms with Crippen LogP contribution in [0.5, 0.6) is 0 Å². The molecular formula is C22H39KO8S. The van der Waals surface area contributed by atoms with Crippen molar-refractivity contribution in [1.29, 1.82) is 0 Å². The second-order valence-electron chi connectivity index (χ2n) is 7.42. The average molecular weight is 503 g/mol. The van der Waals surface area contributed by atoms with Crippen molar-refractivity contribution in [2.75, 3.05) is 0 Å². The van der Waals surface area contributed by atoms with Crippen LogP contribution < -0.4 is 51.4 Å². The van der Waals surface area contributed by atoms with Crippen LogP contribution in [0.25, 0.3) is 0 Å². The van der Waals surface area contributed by atoms with Crippen molar-refractivity contribution in [2.24, 2.45) is 0 Å². The van der Waals surface area contributed by atoms with Gasteiger partial charge in [0.1, 0.15) is 0 Å². The minimum atomic E-state index is -4.84. The number of carbonyl (C=O) groups is 2. The van der Waals surface area contributed by atoms with Gasteiger partial charge in [0.15, 0.2) is 5.25 Å². The third-order valence-electron chi connectivity index (χ3n) is 4.54. The molecule has 1 atom stereocenters. The van der Waals surface area contributed by atoms with Gasteiger partial charge >= 0.3 is 63.3 Å². The SMILES string of the molecule is CCCCCCCCC=CCCCCCCC[C-]=O.O=C(O)CC(C(=O)O)S(=O)(=O)O.[K+]. The van der Waals surface area contributed by atoms with Gasteiger partial charge in [0.05, 0.1) is 6.42 Å². The van der Waals surface area contributed by atoms with Crippen LogP contribution in [0, 0.1) is 0 Å². The monoisotopic (exact) mass is 502 g/mol. The molecule has 0 aromatic rings. The molecule has 0 heterocycles. The third-order valence-corrected chi connectivity index (χ3v) is 5.62. The minimum absolute atomic E-state index is 0. The number of carboxylic acid groups (broad SMARTS) is 2. The van der Waals surface area contributed by atoms with Crippen molar-refractivity contribution < 1.29 is 89.0 Å². The van der Waals surface area contributed by atoms with E-state index in [4.69, 9.17) is 14.8 Å². The molecule has 32 heavy (non-hydrogen) atoms. The van der Waals surface area contributed by atoms with Crippen LogP contribution in [-0.2, 0) is 24.5 Å². The molecule has 0 aromatic carbocycles. The summed E-state index contributed by atoms with van der Waals surface area (Å²) >= 11 is 0. The molecule has 0 saturated carbocycles. The first kappa shape index (κ1) is 36.5. The largest absolute Gasteiger partial charge is 1.00 e. The zero-order valence-corrected chi connectivity index (χ0v) is 23.6. The Morgan fingerprint density at radius 3 is 1.62 bits per heavy atom. The van der Waals surface area contributed by atoms with E-state index in [2.05, 4.69) is 19.1 Å². The molecule has 3 N–H and O–H groups in total. The molecule has 0 radical (unpaired) electrons. The zero-order chi connectivity index (χ0) is 24.0. The molecule has 0 aliphatic rings. The molecule has 0 rings (SSSR count). The molecule has 0 amide bonds. The van der Waals surface area contributed by atoms with E-state index in [-0.39, 0.29) is 51.4 Å². The van der Waals surface area contributed by atoms with Crippen LogP contribution in [0.4, 0.5) is 0 Å². The fraction of sp³-hybridized carbons (Fsp3) is 0.773. The second kappa shape index (κ2) is 25.5. The summed E-state index contributed by atoms with van der Waals surface area (Å²) in [5.41, 5.74) is 0. The molecule has 1 unspecified atom stereocenters. The van der Waals surface area contributed by atoms with Gasteiger partial charge in [-0.25, -0.2) is 0 Å². The standard InChI is InChI=1S/C18H33O.C4H6O7S.K/c1-2-3-4-5-6-7-8-9-10-11-12-13-14-15-16-17-18-19;5-3(6)1-2(4(7)8)12(9,10)11;/h9-10H,2-8,11-17H2,1H3;2H,1H2,(H,5,6)(H,7,8)(H,9,10,11);/q-1;;+1. The molecule has 0 spiro atoms.